The van der Waals surface area contributed by atoms with Gasteiger partial charge in [-0.15, -0.1) is 11.3 Å². The van der Waals surface area contributed by atoms with Crippen LogP contribution < -0.4 is 15.4 Å². The molecule has 3 aromatic rings. The fourth-order valence-electron chi connectivity index (χ4n) is 2.52. The quantitative estimate of drug-likeness (QED) is 0.603. The van der Waals surface area contributed by atoms with Gasteiger partial charge in [0, 0.05) is 28.6 Å². The van der Waals surface area contributed by atoms with Crippen molar-refractivity contribution in [1.82, 2.24) is 5.32 Å². The Morgan fingerprint density at radius 2 is 1.96 bits per heavy atom. The molecule has 3 N–H and O–H groups in total. The average Bonchev–Trinajstić information content (AvgIpc) is 3.10. The Morgan fingerprint density at radius 1 is 1.15 bits per heavy atom. The molecule has 1 atom stereocenters. The van der Waals surface area contributed by atoms with Crippen LogP contribution in [0.4, 0.5) is 5.69 Å². The minimum absolute atomic E-state index is 0.0505. The van der Waals surface area contributed by atoms with Crippen molar-refractivity contribution in [3.05, 3.63) is 59.5 Å². The Balaban J connectivity index is 1.58. The van der Waals surface area contributed by atoms with Gasteiger partial charge in [0.2, 0.25) is 0 Å². The summed E-state index contributed by atoms with van der Waals surface area (Å²) in [5.41, 5.74) is 1.19. The monoisotopic (exact) mass is 370 g/mol. The summed E-state index contributed by atoms with van der Waals surface area (Å²) < 4.78 is 6.13. The predicted octanol–water partition coefficient (Wildman–Crippen LogP) is 2.70. The standard InChI is InChI=1S/C19H18N2O4S/c1-25-13-6-4-5-12(9-13)21-19(24)18(23)20-10-16(22)15-11-26-17-8-3-2-7-14(15)17/h2-9,11,16,22H,10H2,1H3,(H,20,23)(H,21,24). The number of hydrogen-bond donors (Lipinski definition) is 3. The van der Waals surface area contributed by atoms with Crippen LogP contribution in [0.3, 0.4) is 0 Å². The molecule has 26 heavy (non-hydrogen) atoms. The number of aliphatic hydroxyl groups is 1. The molecule has 2 aromatic carbocycles. The summed E-state index contributed by atoms with van der Waals surface area (Å²) in [5.74, 6) is -1.05. The predicted molar refractivity (Wildman–Crippen MR) is 101 cm³/mol. The molecule has 1 aromatic heterocycles. The van der Waals surface area contributed by atoms with Gasteiger partial charge in [0.1, 0.15) is 5.75 Å². The van der Waals surface area contributed by atoms with Crippen molar-refractivity contribution in [2.75, 3.05) is 19.0 Å². The summed E-state index contributed by atoms with van der Waals surface area (Å²) in [5, 5.41) is 18.1. The van der Waals surface area contributed by atoms with Gasteiger partial charge in [0.25, 0.3) is 0 Å². The summed E-state index contributed by atoms with van der Waals surface area (Å²) in [6, 6.07) is 14.4. The van der Waals surface area contributed by atoms with Gasteiger partial charge in [-0.1, -0.05) is 24.3 Å². The molecular weight excluding hydrogens is 352 g/mol. The molecule has 0 radical (unpaired) electrons. The average molecular weight is 370 g/mol. The molecule has 0 aliphatic carbocycles. The van der Waals surface area contributed by atoms with Crippen LogP contribution in [0.1, 0.15) is 11.7 Å². The molecule has 0 fully saturated rings. The topological polar surface area (TPSA) is 87.7 Å². The van der Waals surface area contributed by atoms with Crippen LogP contribution in [0.2, 0.25) is 0 Å². The number of anilines is 1. The van der Waals surface area contributed by atoms with Gasteiger partial charge < -0.3 is 20.5 Å². The third-order valence-corrected chi connectivity index (χ3v) is 4.84. The zero-order valence-electron chi connectivity index (χ0n) is 14.1. The second-order valence-corrected chi connectivity index (χ2v) is 6.51. The van der Waals surface area contributed by atoms with Crippen LogP contribution >= 0.6 is 11.3 Å². The number of benzene rings is 2. The Morgan fingerprint density at radius 3 is 2.77 bits per heavy atom. The van der Waals surface area contributed by atoms with Gasteiger partial charge in [-0.2, -0.15) is 0 Å². The number of carbonyl (C=O) groups is 2. The van der Waals surface area contributed by atoms with E-state index >= 15 is 0 Å². The first-order valence-corrected chi connectivity index (χ1v) is 8.84. The van der Waals surface area contributed by atoms with Crippen LogP contribution in [-0.4, -0.2) is 30.6 Å². The zero-order valence-corrected chi connectivity index (χ0v) is 14.9. The van der Waals surface area contributed by atoms with Crippen LogP contribution in [-0.2, 0) is 9.59 Å². The maximum Gasteiger partial charge on any atom is 0.313 e. The molecule has 6 nitrogen and oxygen atoms in total. The minimum Gasteiger partial charge on any atom is -0.497 e. The number of aliphatic hydroxyl groups excluding tert-OH is 1. The Hall–Kier alpha value is -2.90. The van der Waals surface area contributed by atoms with Crippen LogP contribution in [0.15, 0.2) is 53.9 Å². The highest BCUT2D eigenvalue weighted by Gasteiger charge is 2.18. The number of ether oxygens (including phenoxy) is 1. The van der Waals surface area contributed by atoms with Crippen LogP contribution in [0.25, 0.3) is 10.1 Å². The third-order valence-electron chi connectivity index (χ3n) is 3.86. The van der Waals surface area contributed by atoms with Crippen molar-refractivity contribution in [3.8, 4) is 5.75 Å². The van der Waals surface area contributed by atoms with Gasteiger partial charge in [0.15, 0.2) is 0 Å². The number of thiophene rings is 1. The fourth-order valence-corrected chi connectivity index (χ4v) is 3.53. The Labute approximate surface area is 154 Å². The highest BCUT2D eigenvalue weighted by Crippen LogP contribution is 2.29. The number of carbonyl (C=O) groups excluding carboxylic acids is 2. The maximum absolute atomic E-state index is 12.0. The van der Waals surface area contributed by atoms with Crippen molar-refractivity contribution in [1.29, 1.82) is 0 Å². The van der Waals surface area contributed by atoms with Crippen LogP contribution in [0.5, 0.6) is 5.75 Å². The largest absolute Gasteiger partial charge is 0.497 e. The van der Waals surface area contributed by atoms with Gasteiger partial charge >= 0.3 is 11.8 Å². The first-order valence-electron chi connectivity index (χ1n) is 7.96. The fraction of sp³-hybridized carbons (Fsp3) is 0.158. The van der Waals surface area contributed by atoms with E-state index in [4.69, 9.17) is 4.74 Å². The van der Waals surface area contributed by atoms with E-state index in [1.165, 1.54) is 18.4 Å². The summed E-state index contributed by atoms with van der Waals surface area (Å²) in [7, 11) is 1.52. The first-order chi connectivity index (χ1) is 12.6. The van der Waals surface area contributed by atoms with Crippen molar-refractivity contribution >= 4 is 38.9 Å². The van der Waals surface area contributed by atoms with Crippen molar-refractivity contribution in [3.63, 3.8) is 0 Å². The molecule has 0 saturated heterocycles. The second kappa shape index (κ2) is 7.99. The molecule has 0 bridgehead atoms. The lowest BCUT2D eigenvalue weighted by Gasteiger charge is -2.12. The second-order valence-electron chi connectivity index (χ2n) is 5.60. The van der Waals surface area contributed by atoms with E-state index < -0.39 is 17.9 Å². The molecular formula is C19H18N2O4S. The molecule has 7 heteroatoms. The van der Waals surface area contributed by atoms with Gasteiger partial charge in [0.05, 0.1) is 13.2 Å². The number of methoxy groups -OCH3 is 1. The molecule has 0 aliphatic heterocycles. The van der Waals surface area contributed by atoms with Crippen molar-refractivity contribution in [2.45, 2.75) is 6.10 Å². The Bertz CT molecular complexity index is 938. The molecule has 0 spiro atoms. The van der Waals surface area contributed by atoms with Gasteiger partial charge in [-0.25, -0.2) is 0 Å². The number of rotatable bonds is 5. The molecule has 0 aliphatic rings. The SMILES string of the molecule is COc1cccc(NC(=O)C(=O)NCC(O)c2csc3ccccc23)c1. The first kappa shape index (κ1) is 17.9. The zero-order chi connectivity index (χ0) is 18.5. The van der Waals surface area contributed by atoms with E-state index in [1.54, 1.807) is 24.3 Å². The molecule has 0 saturated carbocycles. The summed E-state index contributed by atoms with van der Waals surface area (Å²) >= 11 is 1.52. The number of nitrogens with one attached hydrogen (secondary N) is 2. The smallest absolute Gasteiger partial charge is 0.313 e. The number of amides is 2. The Kier molecular flexibility index (Phi) is 5.50. The normalized spacial score (nSPS) is 11.8. The maximum atomic E-state index is 12.0. The molecule has 134 valence electrons. The van der Waals surface area contributed by atoms with Crippen molar-refractivity contribution < 1.29 is 19.4 Å². The minimum atomic E-state index is -0.889. The highest BCUT2D eigenvalue weighted by molar-refractivity contribution is 7.17. The van der Waals surface area contributed by atoms with Crippen molar-refractivity contribution in [2.24, 2.45) is 0 Å². The van der Waals surface area contributed by atoms with E-state index in [9.17, 15) is 14.7 Å². The van der Waals surface area contributed by atoms with E-state index in [-0.39, 0.29) is 6.54 Å². The lowest BCUT2D eigenvalue weighted by atomic mass is 10.1. The van der Waals surface area contributed by atoms with Gasteiger partial charge in [-0.3, -0.25) is 9.59 Å². The van der Waals surface area contributed by atoms with E-state index in [1.807, 2.05) is 29.6 Å². The number of hydrogen-bond acceptors (Lipinski definition) is 5. The highest BCUT2D eigenvalue weighted by atomic mass is 32.1. The lowest BCUT2D eigenvalue weighted by molar-refractivity contribution is -0.136. The number of fused-ring (bicyclic) bond motifs is 1. The van der Waals surface area contributed by atoms with E-state index in [0.29, 0.717) is 11.4 Å². The molecule has 1 heterocycles. The van der Waals surface area contributed by atoms with Gasteiger partial charge in [-0.05, 0) is 29.0 Å². The summed E-state index contributed by atoms with van der Waals surface area (Å²) in [6.45, 7) is -0.0505. The molecule has 2 amide bonds. The summed E-state index contributed by atoms with van der Waals surface area (Å²) in [4.78, 5) is 24.0. The lowest BCUT2D eigenvalue weighted by Crippen LogP contribution is -2.37. The molecule has 1 unspecified atom stereocenters. The summed E-state index contributed by atoms with van der Waals surface area (Å²) in [6.07, 6.45) is -0.889. The van der Waals surface area contributed by atoms with E-state index in [2.05, 4.69) is 10.6 Å². The molecule has 3 rings (SSSR count). The van der Waals surface area contributed by atoms with Crippen LogP contribution in [0, 0.1) is 0 Å². The van der Waals surface area contributed by atoms with E-state index in [0.717, 1.165) is 15.6 Å². The third kappa shape index (κ3) is 4.01.